The number of aliphatic hydroxyl groups is 1. The molecule has 0 aliphatic heterocycles. The third-order valence-electron chi connectivity index (χ3n) is 2.03. The zero-order chi connectivity index (χ0) is 11.8. The minimum Gasteiger partial charge on any atom is -0.384 e. The molecule has 0 aliphatic carbocycles. The van der Waals surface area contributed by atoms with Crippen LogP contribution in [0.15, 0.2) is 30.9 Å². The van der Waals surface area contributed by atoms with Crippen molar-refractivity contribution >= 4 is 0 Å². The normalized spacial score (nSPS) is 11.3. The quantitative estimate of drug-likeness (QED) is 0.755. The molecule has 0 heterocycles. The van der Waals surface area contributed by atoms with Crippen molar-refractivity contribution in [1.82, 2.24) is 0 Å². The number of benzene rings is 1. The lowest BCUT2D eigenvalue weighted by molar-refractivity contribution is 0.228. The van der Waals surface area contributed by atoms with Gasteiger partial charge in [0.2, 0.25) is 0 Å². The number of hydrogen-bond donors (Lipinski definition) is 1. The van der Waals surface area contributed by atoms with Crippen LogP contribution in [0.3, 0.4) is 0 Å². The smallest absolute Gasteiger partial charge is 0.123 e. The molecule has 1 atom stereocenters. The van der Waals surface area contributed by atoms with E-state index in [0.29, 0.717) is 6.42 Å². The number of hydrogen-bond acceptors (Lipinski definition) is 1. The minimum atomic E-state index is -0.699. The van der Waals surface area contributed by atoms with Crippen molar-refractivity contribution in [3.05, 3.63) is 47.8 Å². The van der Waals surface area contributed by atoms with Gasteiger partial charge in [0.05, 0.1) is 6.10 Å². The van der Waals surface area contributed by atoms with Crippen molar-refractivity contribution < 1.29 is 9.50 Å². The molecule has 0 bridgehead atoms. The number of aliphatic hydroxyl groups excluding tert-OH is 1. The molecule has 0 aliphatic rings. The van der Waals surface area contributed by atoms with Gasteiger partial charge in [0.1, 0.15) is 5.82 Å². The zero-order valence-corrected chi connectivity index (χ0v) is 9.63. The molecule has 15 heavy (non-hydrogen) atoms. The molecule has 2 heteroatoms. The van der Waals surface area contributed by atoms with Gasteiger partial charge in [-0.3, -0.25) is 0 Å². The van der Waals surface area contributed by atoms with Crippen molar-refractivity contribution in [1.29, 1.82) is 0 Å². The highest BCUT2D eigenvalue weighted by Crippen LogP contribution is 2.20. The Kier molecular flexibility index (Phi) is 6.63. The van der Waals surface area contributed by atoms with Gasteiger partial charge < -0.3 is 5.11 Å². The second kappa shape index (κ2) is 7.18. The first kappa shape index (κ1) is 13.8. The van der Waals surface area contributed by atoms with E-state index in [0.717, 1.165) is 11.1 Å². The van der Waals surface area contributed by atoms with Crippen molar-refractivity contribution in [3.8, 4) is 0 Å². The van der Waals surface area contributed by atoms with Crippen LogP contribution in [-0.4, -0.2) is 5.11 Å². The fourth-order valence-electron chi connectivity index (χ4n) is 1.30. The molecule has 1 aromatic rings. The third-order valence-corrected chi connectivity index (χ3v) is 2.03. The van der Waals surface area contributed by atoms with Crippen LogP contribution in [0.4, 0.5) is 4.39 Å². The molecule has 1 nitrogen and oxygen atoms in total. The van der Waals surface area contributed by atoms with Gasteiger partial charge in [-0.15, -0.1) is 6.58 Å². The second-order valence-corrected chi connectivity index (χ2v) is 2.88. The average Bonchev–Trinajstić information content (AvgIpc) is 2.30. The first-order chi connectivity index (χ1) is 7.19. The van der Waals surface area contributed by atoms with E-state index in [9.17, 15) is 9.50 Å². The lowest BCUT2D eigenvalue weighted by Crippen LogP contribution is -1.99. The summed E-state index contributed by atoms with van der Waals surface area (Å²) in [6.07, 6.45) is 1.44. The fourth-order valence-corrected chi connectivity index (χ4v) is 1.30. The Labute approximate surface area is 91.3 Å². The van der Waals surface area contributed by atoms with Crippen molar-refractivity contribution in [2.24, 2.45) is 0 Å². The van der Waals surface area contributed by atoms with E-state index in [4.69, 9.17) is 0 Å². The zero-order valence-electron chi connectivity index (χ0n) is 9.63. The van der Waals surface area contributed by atoms with Gasteiger partial charge in [-0.05, 0) is 29.7 Å². The molecule has 0 spiro atoms. The van der Waals surface area contributed by atoms with Crippen LogP contribution in [0.5, 0.6) is 0 Å². The van der Waals surface area contributed by atoms with E-state index in [1.54, 1.807) is 6.07 Å². The van der Waals surface area contributed by atoms with Gasteiger partial charge >= 0.3 is 0 Å². The topological polar surface area (TPSA) is 20.2 Å². The van der Waals surface area contributed by atoms with Gasteiger partial charge in [-0.25, -0.2) is 4.39 Å². The maximum Gasteiger partial charge on any atom is 0.123 e. The van der Waals surface area contributed by atoms with Crippen molar-refractivity contribution in [2.75, 3.05) is 0 Å². The van der Waals surface area contributed by atoms with Gasteiger partial charge in [0.25, 0.3) is 0 Å². The van der Waals surface area contributed by atoms with E-state index in [1.807, 2.05) is 20.8 Å². The van der Waals surface area contributed by atoms with Gasteiger partial charge in [-0.2, -0.15) is 0 Å². The van der Waals surface area contributed by atoms with E-state index in [-0.39, 0.29) is 5.82 Å². The van der Waals surface area contributed by atoms with Crippen LogP contribution in [0.2, 0.25) is 0 Å². The SMILES string of the molecule is C=CC(O)c1ccc(F)cc1CC.CC. The predicted octanol–water partition coefficient (Wildman–Crippen LogP) is 3.63. The van der Waals surface area contributed by atoms with Crippen LogP contribution < -0.4 is 0 Å². The van der Waals surface area contributed by atoms with Crippen LogP contribution in [0.1, 0.15) is 38.0 Å². The summed E-state index contributed by atoms with van der Waals surface area (Å²) < 4.78 is 12.8. The molecule has 0 saturated heterocycles. The summed E-state index contributed by atoms with van der Waals surface area (Å²) in [6, 6.07) is 4.39. The Hall–Kier alpha value is -1.15. The second-order valence-electron chi connectivity index (χ2n) is 2.88. The Morgan fingerprint density at radius 3 is 2.53 bits per heavy atom. The fraction of sp³-hybridized carbons (Fsp3) is 0.385. The third kappa shape index (κ3) is 3.84. The molecule has 1 unspecified atom stereocenters. The molecule has 84 valence electrons. The summed E-state index contributed by atoms with van der Waals surface area (Å²) in [7, 11) is 0. The van der Waals surface area contributed by atoms with Crippen LogP contribution >= 0.6 is 0 Å². The van der Waals surface area contributed by atoms with Crippen molar-refractivity contribution in [3.63, 3.8) is 0 Å². The van der Waals surface area contributed by atoms with Gasteiger partial charge in [0.15, 0.2) is 0 Å². The maximum absolute atomic E-state index is 12.8. The number of rotatable bonds is 3. The standard InChI is InChI=1S/C11H13FO.C2H6/c1-3-8-7-9(12)5-6-10(8)11(13)4-2;1-2/h4-7,11,13H,2-3H2,1H3;1-2H3. The van der Waals surface area contributed by atoms with Gasteiger partial charge in [0, 0.05) is 0 Å². The Morgan fingerprint density at radius 2 is 2.07 bits per heavy atom. The minimum absolute atomic E-state index is 0.267. The van der Waals surface area contributed by atoms with Crippen molar-refractivity contribution in [2.45, 2.75) is 33.3 Å². The highest BCUT2D eigenvalue weighted by Gasteiger charge is 2.08. The average molecular weight is 210 g/mol. The van der Waals surface area contributed by atoms with E-state index in [1.165, 1.54) is 18.2 Å². The Balaban J connectivity index is 0.000000921. The Bertz CT molecular complexity index is 307. The molecular weight excluding hydrogens is 191 g/mol. The molecular formula is C13H19FO. The van der Waals surface area contributed by atoms with Crippen LogP contribution in [0.25, 0.3) is 0 Å². The van der Waals surface area contributed by atoms with E-state index in [2.05, 4.69) is 6.58 Å². The number of aryl methyl sites for hydroxylation is 1. The highest BCUT2D eigenvalue weighted by molar-refractivity contribution is 5.31. The summed E-state index contributed by atoms with van der Waals surface area (Å²) >= 11 is 0. The first-order valence-corrected chi connectivity index (χ1v) is 5.28. The molecule has 0 saturated carbocycles. The number of halogens is 1. The monoisotopic (exact) mass is 210 g/mol. The summed E-state index contributed by atoms with van der Waals surface area (Å²) in [5, 5.41) is 9.49. The highest BCUT2D eigenvalue weighted by atomic mass is 19.1. The maximum atomic E-state index is 12.8. The molecule has 0 amide bonds. The molecule has 1 rings (SSSR count). The van der Waals surface area contributed by atoms with E-state index < -0.39 is 6.10 Å². The molecule has 0 aromatic heterocycles. The summed E-state index contributed by atoms with van der Waals surface area (Å²) in [6.45, 7) is 9.42. The first-order valence-electron chi connectivity index (χ1n) is 5.28. The van der Waals surface area contributed by atoms with Crippen LogP contribution in [-0.2, 0) is 6.42 Å². The lowest BCUT2D eigenvalue weighted by atomic mass is 10.0. The largest absolute Gasteiger partial charge is 0.384 e. The molecule has 0 fully saturated rings. The summed E-state index contributed by atoms with van der Waals surface area (Å²) in [4.78, 5) is 0. The summed E-state index contributed by atoms with van der Waals surface area (Å²) in [5.41, 5.74) is 1.56. The van der Waals surface area contributed by atoms with Crippen LogP contribution in [0, 0.1) is 5.82 Å². The molecule has 0 radical (unpaired) electrons. The van der Waals surface area contributed by atoms with E-state index >= 15 is 0 Å². The molecule has 1 aromatic carbocycles. The Morgan fingerprint density at radius 1 is 1.47 bits per heavy atom. The lowest BCUT2D eigenvalue weighted by Gasteiger charge is -2.10. The predicted molar refractivity (Wildman–Crippen MR) is 62.3 cm³/mol. The van der Waals surface area contributed by atoms with Gasteiger partial charge in [-0.1, -0.05) is 32.9 Å². The molecule has 1 N–H and O–H groups in total. The summed E-state index contributed by atoms with van der Waals surface area (Å²) in [5.74, 6) is -0.267.